The molecule has 0 aliphatic carbocycles. The summed E-state index contributed by atoms with van der Waals surface area (Å²) in [5, 5.41) is 4.59. The molecule has 23 heavy (non-hydrogen) atoms. The largest absolute Gasteiger partial charge is 0.339 e. The molecule has 0 spiro atoms. The highest BCUT2D eigenvalue weighted by Gasteiger charge is 2.18. The number of nitrogens with one attached hydrogen (secondary N) is 1. The van der Waals surface area contributed by atoms with Gasteiger partial charge in [-0.2, -0.15) is 0 Å². The van der Waals surface area contributed by atoms with E-state index in [0.717, 1.165) is 42.8 Å². The van der Waals surface area contributed by atoms with E-state index < -0.39 is 0 Å². The van der Waals surface area contributed by atoms with Gasteiger partial charge >= 0.3 is 0 Å². The second kappa shape index (κ2) is 5.97. The lowest BCUT2D eigenvalue weighted by molar-refractivity contribution is 0.268. The number of aromatic nitrogens is 2. The van der Waals surface area contributed by atoms with Crippen LogP contribution in [0, 0.1) is 0 Å². The molecule has 3 aromatic rings. The fraction of sp³-hybridized carbons (Fsp3) is 0.263. The Labute approximate surface area is 136 Å². The SMILES string of the molecule is CCN1CCc2c(cccc2Nc2ncnc3ccccc23)C1. The van der Waals surface area contributed by atoms with Gasteiger partial charge in [0.2, 0.25) is 0 Å². The van der Waals surface area contributed by atoms with Gasteiger partial charge < -0.3 is 5.32 Å². The maximum Gasteiger partial charge on any atom is 0.141 e. The van der Waals surface area contributed by atoms with Crippen molar-refractivity contribution in [3.63, 3.8) is 0 Å². The number of fused-ring (bicyclic) bond motifs is 2. The first-order chi connectivity index (χ1) is 11.3. The number of hydrogen-bond donors (Lipinski definition) is 1. The van der Waals surface area contributed by atoms with Crippen LogP contribution in [0.25, 0.3) is 10.9 Å². The van der Waals surface area contributed by atoms with Crippen LogP contribution in [0.15, 0.2) is 48.8 Å². The Bertz CT molecular complexity index is 838. The van der Waals surface area contributed by atoms with Crippen LogP contribution in [-0.2, 0) is 13.0 Å². The van der Waals surface area contributed by atoms with Gasteiger partial charge in [0.15, 0.2) is 0 Å². The van der Waals surface area contributed by atoms with Gasteiger partial charge in [-0.15, -0.1) is 0 Å². The minimum absolute atomic E-state index is 0.877. The highest BCUT2D eigenvalue weighted by Crippen LogP contribution is 2.30. The zero-order chi connectivity index (χ0) is 15.6. The Morgan fingerprint density at radius 2 is 2.00 bits per heavy atom. The van der Waals surface area contributed by atoms with Gasteiger partial charge in [0.05, 0.1) is 5.52 Å². The van der Waals surface area contributed by atoms with E-state index in [-0.39, 0.29) is 0 Å². The quantitative estimate of drug-likeness (QED) is 0.800. The lowest BCUT2D eigenvalue weighted by Crippen LogP contribution is -2.30. The number of rotatable bonds is 3. The molecular formula is C19H20N4. The molecule has 1 N–H and O–H groups in total. The Morgan fingerprint density at radius 3 is 2.91 bits per heavy atom. The first kappa shape index (κ1) is 14.2. The summed E-state index contributed by atoms with van der Waals surface area (Å²) in [5.41, 5.74) is 4.97. The summed E-state index contributed by atoms with van der Waals surface area (Å²) in [7, 11) is 0. The van der Waals surface area contributed by atoms with Crippen LogP contribution in [0.5, 0.6) is 0 Å². The highest BCUT2D eigenvalue weighted by atomic mass is 15.1. The average molecular weight is 304 g/mol. The third-order valence-corrected chi connectivity index (χ3v) is 4.59. The lowest BCUT2D eigenvalue weighted by atomic mass is 9.97. The number of para-hydroxylation sites is 1. The summed E-state index contributed by atoms with van der Waals surface area (Å²) < 4.78 is 0. The molecule has 1 aliphatic heterocycles. The molecule has 1 aromatic heterocycles. The van der Waals surface area contributed by atoms with Crippen LogP contribution in [0.4, 0.5) is 11.5 Å². The van der Waals surface area contributed by atoms with E-state index in [2.05, 4.69) is 51.4 Å². The smallest absolute Gasteiger partial charge is 0.141 e. The molecule has 0 saturated carbocycles. The van der Waals surface area contributed by atoms with E-state index in [4.69, 9.17) is 0 Å². The van der Waals surface area contributed by atoms with Crippen LogP contribution < -0.4 is 5.32 Å². The van der Waals surface area contributed by atoms with Crippen molar-refractivity contribution >= 4 is 22.4 Å². The summed E-state index contributed by atoms with van der Waals surface area (Å²) in [6.45, 7) is 5.48. The molecule has 2 heterocycles. The molecular weight excluding hydrogens is 284 g/mol. The zero-order valence-corrected chi connectivity index (χ0v) is 13.3. The first-order valence-electron chi connectivity index (χ1n) is 8.15. The Hall–Kier alpha value is -2.46. The zero-order valence-electron chi connectivity index (χ0n) is 13.3. The Balaban J connectivity index is 1.72. The molecule has 0 bridgehead atoms. The maximum absolute atomic E-state index is 4.45. The van der Waals surface area contributed by atoms with Crippen LogP contribution >= 0.6 is 0 Å². The van der Waals surface area contributed by atoms with Crippen molar-refractivity contribution in [2.24, 2.45) is 0 Å². The second-order valence-corrected chi connectivity index (χ2v) is 5.93. The predicted molar refractivity (Wildman–Crippen MR) is 93.9 cm³/mol. The van der Waals surface area contributed by atoms with E-state index in [1.165, 1.54) is 16.8 Å². The number of anilines is 2. The van der Waals surface area contributed by atoms with Gasteiger partial charge in [0, 0.05) is 24.2 Å². The van der Waals surface area contributed by atoms with Crippen LogP contribution in [-0.4, -0.2) is 28.0 Å². The normalized spacial score (nSPS) is 14.7. The fourth-order valence-electron chi connectivity index (χ4n) is 3.29. The molecule has 4 heteroatoms. The van der Waals surface area contributed by atoms with Crippen molar-refractivity contribution in [3.8, 4) is 0 Å². The summed E-state index contributed by atoms with van der Waals surface area (Å²) in [6, 6.07) is 14.6. The molecule has 0 saturated heterocycles. The number of likely N-dealkylation sites (N-methyl/N-ethyl adjacent to an activating group) is 1. The van der Waals surface area contributed by atoms with Gasteiger partial charge in [-0.25, -0.2) is 9.97 Å². The van der Waals surface area contributed by atoms with Gasteiger partial charge in [0.25, 0.3) is 0 Å². The monoisotopic (exact) mass is 304 g/mol. The Kier molecular flexibility index (Phi) is 3.67. The predicted octanol–water partition coefficient (Wildman–Crippen LogP) is 3.75. The minimum atomic E-state index is 0.877. The van der Waals surface area contributed by atoms with Crippen molar-refractivity contribution in [1.29, 1.82) is 0 Å². The maximum atomic E-state index is 4.45. The Morgan fingerprint density at radius 1 is 1.09 bits per heavy atom. The first-order valence-corrected chi connectivity index (χ1v) is 8.15. The van der Waals surface area contributed by atoms with Gasteiger partial charge in [-0.05, 0) is 42.3 Å². The molecule has 0 radical (unpaired) electrons. The molecule has 0 atom stereocenters. The van der Waals surface area contributed by atoms with Crippen LogP contribution in [0.1, 0.15) is 18.1 Å². The molecule has 0 amide bonds. The van der Waals surface area contributed by atoms with Crippen LogP contribution in [0.2, 0.25) is 0 Å². The molecule has 1 aliphatic rings. The van der Waals surface area contributed by atoms with E-state index >= 15 is 0 Å². The minimum Gasteiger partial charge on any atom is -0.339 e. The summed E-state index contributed by atoms with van der Waals surface area (Å²) in [6.07, 6.45) is 2.70. The third kappa shape index (κ3) is 2.66. The second-order valence-electron chi connectivity index (χ2n) is 5.93. The highest BCUT2D eigenvalue weighted by molar-refractivity contribution is 5.90. The fourth-order valence-corrected chi connectivity index (χ4v) is 3.29. The average Bonchev–Trinajstić information content (AvgIpc) is 2.62. The van der Waals surface area contributed by atoms with Crippen molar-refractivity contribution in [1.82, 2.24) is 14.9 Å². The molecule has 4 rings (SSSR count). The lowest BCUT2D eigenvalue weighted by Gasteiger charge is -2.29. The molecule has 0 unspecified atom stereocenters. The number of nitrogens with zero attached hydrogens (tertiary/aromatic N) is 3. The molecule has 2 aromatic carbocycles. The molecule has 0 fully saturated rings. The van der Waals surface area contributed by atoms with Crippen molar-refractivity contribution in [2.45, 2.75) is 19.9 Å². The number of benzene rings is 2. The van der Waals surface area contributed by atoms with Gasteiger partial charge in [-0.1, -0.05) is 31.2 Å². The summed E-state index contributed by atoms with van der Waals surface area (Å²) >= 11 is 0. The molecule has 4 nitrogen and oxygen atoms in total. The van der Waals surface area contributed by atoms with Crippen LogP contribution in [0.3, 0.4) is 0 Å². The summed E-state index contributed by atoms with van der Waals surface area (Å²) in [5.74, 6) is 0.877. The number of hydrogen-bond acceptors (Lipinski definition) is 4. The van der Waals surface area contributed by atoms with E-state index in [1.54, 1.807) is 6.33 Å². The van der Waals surface area contributed by atoms with Crippen molar-refractivity contribution in [3.05, 3.63) is 59.9 Å². The van der Waals surface area contributed by atoms with E-state index in [0.29, 0.717) is 0 Å². The van der Waals surface area contributed by atoms with Crippen molar-refractivity contribution < 1.29 is 0 Å². The van der Waals surface area contributed by atoms with Gasteiger partial charge in [0.1, 0.15) is 12.1 Å². The molecule has 116 valence electrons. The topological polar surface area (TPSA) is 41.0 Å². The van der Waals surface area contributed by atoms with E-state index in [1.807, 2.05) is 18.2 Å². The third-order valence-electron chi connectivity index (χ3n) is 4.59. The van der Waals surface area contributed by atoms with Gasteiger partial charge in [-0.3, -0.25) is 4.90 Å². The standard InChI is InChI=1S/C19H20N4/c1-2-23-11-10-15-14(12-23)6-5-9-18(15)22-19-16-7-3-4-8-17(16)20-13-21-19/h3-9,13H,2,10-12H2,1H3,(H,20,21,22). The van der Waals surface area contributed by atoms with Crippen molar-refractivity contribution in [2.75, 3.05) is 18.4 Å². The van der Waals surface area contributed by atoms with E-state index in [9.17, 15) is 0 Å². The summed E-state index contributed by atoms with van der Waals surface area (Å²) in [4.78, 5) is 11.3.